The molecule has 8 heteroatoms. The Morgan fingerprint density at radius 2 is 1.80 bits per heavy atom. The van der Waals surface area contributed by atoms with Gasteiger partial charge in [0.1, 0.15) is 4.90 Å². The predicted octanol–water partition coefficient (Wildman–Crippen LogP) is 4.50. The SMILES string of the molecule is CC(C)(C)NS(=O)(=O)c1ccc([C@H]2[C@H](c3nc(C4CCCCC4)no3)C2(C)C)nc1. The number of hydrogen-bond acceptors (Lipinski definition) is 6. The fourth-order valence-corrected chi connectivity index (χ4v) is 6.11. The van der Waals surface area contributed by atoms with Crippen molar-refractivity contribution in [3.63, 3.8) is 0 Å². The number of sulfonamides is 1. The van der Waals surface area contributed by atoms with Gasteiger partial charge in [-0.2, -0.15) is 4.98 Å². The second-order valence-corrected chi connectivity index (χ2v) is 12.1. The molecule has 2 atom stereocenters. The molecule has 0 unspecified atom stereocenters. The van der Waals surface area contributed by atoms with E-state index in [0.29, 0.717) is 11.8 Å². The minimum atomic E-state index is -3.60. The summed E-state index contributed by atoms with van der Waals surface area (Å²) in [6.45, 7) is 9.78. The Kier molecular flexibility index (Phi) is 5.29. The van der Waals surface area contributed by atoms with E-state index < -0.39 is 15.6 Å². The average molecular weight is 433 g/mol. The number of pyridine rings is 1. The van der Waals surface area contributed by atoms with Gasteiger partial charge in [0.25, 0.3) is 0 Å². The van der Waals surface area contributed by atoms with Crippen LogP contribution in [-0.2, 0) is 10.0 Å². The quantitative estimate of drug-likeness (QED) is 0.747. The van der Waals surface area contributed by atoms with E-state index in [1.54, 1.807) is 6.07 Å². The first-order chi connectivity index (χ1) is 14.0. The predicted molar refractivity (Wildman–Crippen MR) is 114 cm³/mol. The first-order valence-corrected chi connectivity index (χ1v) is 12.3. The third-order valence-corrected chi connectivity index (χ3v) is 8.09. The van der Waals surface area contributed by atoms with E-state index in [1.807, 2.05) is 26.8 Å². The Morgan fingerprint density at radius 1 is 1.10 bits per heavy atom. The van der Waals surface area contributed by atoms with E-state index in [1.165, 1.54) is 25.5 Å². The van der Waals surface area contributed by atoms with Gasteiger partial charge in [-0.25, -0.2) is 13.1 Å². The van der Waals surface area contributed by atoms with E-state index in [9.17, 15) is 8.42 Å². The largest absolute Gasteiger partial charge is 0.339 e. The molecule has 0 radical (unpaired) electrons. The van der Waals surface area contributed by atoms with Crippen LogP contribution in [0.2, 0.25) is 0 Å². The molecule has 164 valence electrons. The summed E-state index contributed by atoms with van der Waals surface area (Å²) in [5, 5.41) is 4.28. The van der Waals surface area contributed by atoms with Gasteiger partial charge in [0, 0.05) is 29.3 Å². The van der Waals surface area contributed by atoms with Crippen molar-refractivity contribution >= 4 is 10.0 Å². The number of nitrogens with zero attached hydrogens (tertiary/aromatic N) is 3. The van der Waals surface area contributed by atoms with Crippen LogP contribution in [0.1, 0.15) is 102 Å². The highest BCUT2D eigenvalue weighted by Gasteiger charge is 2.62. The molecule has 2 aliphatic rings. The number of rotatable bonds is 5. The van der Waals surface area contributed by atoms with E-state index in [-0.39, 0.29) is 22.1 Å². The van der Waals surface area contributed by atoms with Gasteiger partial charge < -0.3 is 4.52 Å². The second-order valence-electron chi connectivity index (χ2n) is 10.4. The zero-order valence-electron chi connectivity index (χ0n) is 18.5. The van der Waals surface area contributed by atoms with Gasteiger partial charge in [0.2, 0.25) is 15.9 Å². The second kappa shape index (κ2) is 7.41. The van der Waals surface area contributed by atoms with Gasteiger partial charge in [0.05, 0.1) is 5.92 Å². The Hall–Kier alpha value is -1.80. The highest BCUT2D eigenvalue weighted by atomic mass is 32.2. The lowest BCUT2D eigenvalue weighted by Gasteiger charge is -2.20. The van der Waals surface area contributed by atoms with Crippen molar-refractivity contribution in [3.8, 4) is 0 Å². The summed E-state index contributed by atoms with van der Waals surface area (Å²) >= 11 is 0. The molecule has 0 amide bonds. The minimum Gasteiger partial charge on any atom is -0.339 e. The van der Waals surface area contributed by atoms with Crippen molar-refractivity contribution in [3.05, 3.63) is 35.7 Å². The molecule has 2 fully saturated rings. The van der Waals surface area contributed by atoms with Crippen molar-refractivity contribution in [2.24, 2.45) is 5.41 Å². The first-order valence-electron chi connectivity index (χ1n) is 10.8. The van der Waals surface area contributed by atoms with Crippen LogP contribution in [0.5, 0.6) is 0 Å². The smallest absolute Gasteiger partial charge is 0.242 e. The van der Waals surface area contributed by atoms with E-state index >= 15 is 0 Å². The summed E-state index contributed by atoms with van der Waals surface area (Å²) < 4.78 is 33.4. The molecule has 2 aliphatic carbocycles. The molecule has 2 heterocycles. The summed E-state index contributed by atoms with van der Waals surface area (Å²) in [5.74, 6) is 2.16. The lowest BCUT2D eigenvalue weighted by molar-refractivity contribution is 0.351. The maximum absolute atomic E-state index is 12.5. The Morgan fingerprint density at radius 3 is 2.40 bits per heavy atom. The molecule has 0 saturated heterocycles. The van der Waals surface area contributed by atoms with Gasteiger partial charge in [-0.3, -0.25) is 4.98 Å². The summed E-state index contributed by atoms with van der Waals surface area (Å²) in [6, 6.07) is 3.44. The molecule has 7 nitrogen and oxygen atoms in total. The van der Waals surface area contributed by atoms with Crippen LogP contribution >= 0.6 is 0 Å². The van der Waals surface area contributed by atoms with Crippen LogP contribution < -0.4 is 4.72 Å². The van der Waals surface area contributed by atoms with Gasteiger partial charge in [-0.15, -0.1) is 0 Å². The molecular weight excluding hydrogens is 400 g/mol. The van der Waals surface area contributed by atoms with E-state index in [4.69, 9.17) is 9.51 Å². The van der Waals surface area contributed by atoms with Crippen molar-refractivity contribution < 1.29 is 12.9 Å². The molecule has 2 aromatic rings. The van der Waals surface area contributed by atoms with Gasteiger partial charge in [-0.1, -0.05) is 38.3 Å². The molecule has 4 rings (SSSR count). The van der Waals surface area contributed by atoms with Crippen molar-refractivity contribution in [1.82, 2.24) is 19.8 Å². The fraction of sp³-hybridized carbons (Fsp3) is 0.682. The maximum atomic E-state index is 12.5. The third-order valence-electron chi connectivity index (χ3n) is 6.35. The number of nitrogens with one attached hydrogen (secondary N) is 1. The van der Waals surface area contributed by atoms with Crippen LogP contribution in [-0.4, -0.2) is 29.1 Å². The Balaban J connectivity index is 1.52. The van der Waals surface area contributed by atoms with Gasteiger partial charge in [-0.05, 0) is 51.2 Å². The van der Waals surface area contributed by atoms with Crippen LogP contribution in [0.25, 0.3) is 0 Å². The van der Waals surface area contributed by atoms with Crippen LogP contribution in [0.4, 0.5) is 0 Å². The van der Waals surface area contributed by atoms with Crippen LogP contribution in [0, 0.1) is 5.41 Å². The fourth-order valence-electron chi connectivity index (χ4n) is 4.75. The minimum absolute atomic E-state index is 0.0621. The molecule has 0 spiro atoms. The van der Waals surface area contributed by atoms with Crippen molar-refractivity contribution in [2.75, 3.05) is 0 Å². The highest BCUT2D eigenvalue weighted by Crippen LogP contribution is 2.69. The molecule has 0 aromatic carbocycles. The third kappa shape index (κ3) is 4.17. The molecule has 0 bridgehead atoms. The molecule has 1 N–H and O–H groups in total. The zero-order chi connectivity index (χ0) is 21.7. The van der Waals surface area contributed by atoms with Gasteiger partial charge in [0.15, 0.2) is 5.82 Å². The summed E-state index contributed by atoms with van der Waals surface area (Å²) in [4.78, 5) is 9.42. The average Bonchev–Trinajstić information content (AvgIpc) is 3.01. The van der Waals surface area contributed by atoms with Crippen molar-refractivity contribution in [1.29, 1.82) is 0 Å². The summed E-state index contributed by atoms with van der Waals surface area (Å²) in [7, 11) is -3.60. The topological polar surface area (TPSA) is 98.0 Å². The lowest BCUT2D eigenvalue weighted by Crippen LogP contribution is -2.40. The molecule has 0 aliphatic heterocycles. The number of aromatic nitrogens is 3. The summed E-state index contributed by atoms with van der Waals surface area (Å²) in [5.41, 5.74) is 0.250. The number of hydrogen-bond donors (Lipinski definition) is 1. The van der Waals surface area contributed by atoms with E-state index in [2.05, 4.69) is 28.7 Å². The molecule has 2 aromatic heterocycles. The van der Waals surface area contributed by atoms with Gasteiger partial charge >= 0.3 is 0 Å². The van der Waals surface area contributed by atoms with Crippen molar-refractivity contribution in [2.45, 2.75) is 94.9 Å². The molecular formula is C22H32N4O3S. The summed E-state index contributed by atoms with van der Waals surface area (Å²) in [6.07, 6.45) is 7.47. The lowest BCUT2D eigenvalue weighted by atomic mass is 9.89. The molecule has 30 heavy (non-hydrogen) atoms. The Bertz CT molecular complexity index is 1000. The standard InChI is InChI=1S/C22H32N4O3S/c1-21(2,3)26-30(27,28)15-11-12-16(23-13-15)17-18(22(17,4)5)20-24-19(25-29-20)14-9-7-6-8-10-14/h11-14,17-18,26H,6-10H2,1-5H3/t17-,18+/m0/s1. The van der Waals surface area contributed by atoms with E-state index in [0.717, 1.165) is 24.4 Å². The normalized spacial score (nSPS) is 24.7. The Labute approximate surface area is 179 Å². The zero-order valence-corrected chi connectivity index (χ0v) is 19.3. The first kappa shape index (κ1) is 21.4. The van der Waals surface area contributed by atoms with Crippen LogP contribution in [0.15, 0.2) is 27.7 Å². The monoisotopic (exact) mass is 432 g/mol. The molecule has 2 saturated carbocycles. The highest BCUT2D eigenvalue weighted by molar-refractivity contribution is 7.89. The maximum Gasteiger partial charge on any atom is 0.242 e. The van der Waals surface area contributed by atoms with Crippen LogP contribution in [0.3, 0.4) is 0 Å².